The van der Waals surface area contributed by atoms with Crippen LogP contribution in [0.5, 0.6) is 0 Å². The molecule has 21 heavy (non-hydrogen) atoms. The first-order valence-corrected chi connectivity index (χ1v) is 7.93. The van der Waals surface area contributed by atoms with E-state index in [2.05, 4.69) is 20.8 Å². The lowest BCUT2D eigenvalue weighted by Gasteiger charge is -2.11. The molecule has 2 aromatic rings. The predicted molar refractivity (Wildman–Crippen MR) is 88.9 cm³/mol. The summed E-state index contributed by atoms with van der Waals surface area (Å²) in [6.07, 6.45) is 1.69. The summed E-state index contributed by atoms with van der Waals surface area (Å²) in [4.78, 5) is 16.4. The summed E-state index contributed by atoms with van der Waals surface area (Å²) in [6, 6.07) is 7.52. The summed E-state index contributed by atoms with van der Waals surface area (Å²) < 4.78 is 1.10. The lowest BCUT2D eigenvalue weighted by atomic mass is 10.2. The summed E-state index contributed by atoms with van der Waals surface area (Å²) in [5.41, 5.74) is 4.52. The van der Waals surface area contributed by atoms with Gasteiger partial charge in [-0.05, 0) is 31.9 Å². The quantitative estimate of drug-likeness (QED) is 0.635. The molecule has 0 bridgehead atoms. The smallest absolute Gasteiger partial charge is 0.262 e. The van der Waals surface area contributed by atoms with Gasteiger partial charge in [0, 0.05) is 5.71 Å². The van der Waals surface area contributed by atoms with Crippen molar-refractivity contribution in [3.63, 3.8) is 0 Å². The van der Waals surface area contributed by atoms with Crippen molar-refractivity contribution in [1.29, 1.82) is 0 Å². The Morgan fingerprint density at radius 2 is 2.05 bits per heavy atom. The molecule has 0 aliphatic carbocycles. The molecule has 1 amide bonds. The van der Waals surface area contributed by atoms with Gasteiger partial charge in [-0.1, -0.05) is 37.3 Å². The zero-order chi connectivity index (χ0) is 15.2. The van der Waals surface area contributed by atoms with Gasteiger partial charge in [-0.2, -0.15) is 5.10 Å². The van der Waals surface area contributed by atoms with Crippen LogP contribution in [-0.2, 0) is 4.79 Å². The molecule has 0 radical (unpaired) electrons. The number of hydrazone groups is 1. The summed E-state index contributed by atoms with van der Waals surface area (Å²) >= 11 is 1.54. The third-order valence-electron chi connectivity index (χ3n) is 3.17. The zero-order valence-electron chi connectivity index (χ0n) is 12.5. The number of amides is 1. The highest BCUT2D eigenvalue weighted by molar-refractivity contribution is 7.22. The van der Waals surface area contributed by atoms with E-state index in [1.54, 1.807) is 6.92 Å². The minimum atomic E-state index is -0.385. The number of hydrogen-bond donors (Lipinski definition) is 2. The number of anilines is 1. The first kappa shape index (κ1) is 15.4. The molecule has 112 valence electrons. The maximum atomic E-state index is 12.0. The fourth-order valence-electron chi connectivity index (χ4n) is 1.82. The molecular weight excluding hydrogens is 284 g/mol. The Morgan fingerprint density at radius 3 is 2.71 bits per heavy atom. The van der Waals surface area contributed by atoms with E-state index >= 15 is 0 Å². The topological polar surface area (TPSA) is 66.4 Å². The van der Waals surface area contributed by atoms with Crippen molar-refractivity contribution in [2.24, 2.45) is 5.10 Å². The van der Waals surface area contributed by atoms with Crippen LogP contribution in [0.1, 0.15) is 33.6 Å². The van der Waals surface area contributed by atoms with Crippen molar-refractivity contribution in [3.05, 3.63) is 24.3 Å². The van der Waals surface area contributed by atoms with Gasteiger partial charge in [0.15, 0.2) is 5.13 Å². The number of thiazole rings is 1. The first-order valence-electron chi connectivity index (χ1n) is 7.11. The maximum Gasteiger partial charge on any atom is 0.262 e. The van der Waals surface area contributed by atoms with Crippen LogP contribution >= 0.6 is 11.3 Å². The molecule has 2 rings (SSSR count). The van der Waals surface area contributed by atoms with Gasteiger partial charge in [0.2, 0.25) is 0 Å². The molecule has 1 heterocycles. The van der Waals surface area contributed by atoms with Crippen molar-refractivity contribution in [2.75, 3.05) is 5.32 Å². The summed E-state index contributed by atoms with van der Waals surface area (Å²) in [6.45, 7) is 5.85. The Hall–Kier alpha value is -1.95. The highest BCUT2D eigenvalue weighted by atomic mass is 32.1. The summed E-state index contributed by atoms with van der Waals surface area (Å²) in [5, 5.41) is 7.99. The standard InChI is InChI=1S/C15H20N4OS/c1-4-11(5-2)18-19-14(20)10(3)16-15-17-12-8-6-7-9-13(12)21-15/h6-10H,4-5H2,1-3H3,(H,16,17)(H,19,20)/t10-/m0/s1. The highest BCUT2D eigenvalue weighted by Gasteiger charge is 2.14. The number of para-hydroxylation sites is 1. The van der Waals surface area contributed by atoms with E-state index in [1.165, 1.54) is 11.3 Å². The molecule has 0 saturated carbocycles. The molecule has 0 unspecified atom stereocenters. The second-order valence-corrected chi connectivity index (χ2v) is 5.74. The van der Waals surface area contributed by atoms with E-state index < -0.39 is 0 Å². The van der Waals surface area contributed by atoms with E-state index in [1.807, 2.05) is 38.1 Å². The Balaban J connectivity index is 1.98. The number of nitrogens with zero attached hydrogens (tertiary/aromatic N) is 2. The molecule has 0 saturated heterocycles. The molecule has 0 aliphatic rings. The number of benzene rings is 1. The third kappa shape index (κ3) is 4.01. The van der Waals surface area contributed by atoms with Crippen molar-refractivity contribution in [3.8, 4) is 0 Å². The number of carbonyl (C=O) groups is 1. The number of carbonyl (C=O) groups excluding carboxylic acids is 1. The van der Waals surface area contributed by atoms with Crippen molar-refractivity contribution >= 4 is 38.3 Å². The average Bonchev–Trinajstić information content (AvgIpc) is 2.90. The van der Waals surface area contributed by atoms with Crippen molar-refractivity contribution in [1.82, 2.24) is 10.4 Å². The van der Waals surface area contributed by atoms with Gasteiger partial charge >= 0.3 is 0 Å². The number of nitrogens with one attached hydrogen (secondary N) is 2. The van der Waals surface area contributed by atoms with Crippen LogP contribution in [0, 0.1) is 0 Å². The van der Waals surface area contributed by atoms with Crippen LogP contribution in [0.25, 0.3) is 10.2 Å². The Morgan fingerprint density at radius 1 is 1.33 bits per heavy atom. The Kier molecular flexibility index (Phi) is 5.27. The predicted octanol–water partition coefficient (Wildman–Crippen LogP) is 3.39. The van der Waals surface area contributed by atoms with Gasteiger partial charge in [-0.25, -0.2) is 10.4 Å². The largest absolute Gasteiger partial charge is 0.350 e. The molecular formula is C15H20N4OS. The number of rotatable bonds is 6. The molecule has 6 heteroatoms. The molecule has 2 N–H and O–H groups in total. The molecule has 1 aromatic carbocycles. The van der Waals surface area contributed by atoms with E-state index in [0.29, 0.717) is 0 Å². The summed E-state index contributed by atoms with van der Waals surface area (Å²) in [5.74, 6) is -0.159. The van der Waals surface area contributed by atoms with Crippen LogP contribution in [-0.4, -0.2) is 22.6 Å². The van der Waals surface area contributed by atoms with Crippen LogP contribution < -0.4 is 10.7 Å². The van der Waals surface area contributed by atoms with Crippen LogP contribution in [0.3, 0.4) is 0 Å². The Labute approximate surface area is 128 Å². The van der Waals surface area contributed by atoms with Crippen LogP contribution in [0.15, 0.2) is 29.4 Å². The van der Waals surface area contributed by atoms with E-state index in [9.17, 15) is 4.79 Å². The van der Waals surface area contributed by atoms with Gasteiger partial charge in [0.25, 0.3) is 5.91 Å². The second-order valence-electron chi connectivity index (χ2n) is 4.71. The number of aromatic nitrogens is 1. The monoisotopic (exact) mass is 304 g/mol. The van der Waals surface area contributed by atoms with Gasteiger partial charge in [0.05, 0.1) is 10.2 Å². The van der Waals surface area contributed by atoms with E-state index in [-0.39, 0.29) is 11.9 Å². The third-order valence-corrected chi connectivity index (χ3v) is 4.14. The number of hydrogen-bond acceptors (Lipinski definition) is 5. The number of fused-ring (bicyclic) bond motifs is 1. The van der Waals surface area contributed by atoms with Gasteiger partial charge in [-0.3, -0.25) is 4.79 Å². The maximum absolute atomic E-state index is 12.0. The van der Waals surface area contributed by atoms with Gasteiger partial charge in [-0.15, -0.1) is 0 Å². The molecule has 0 fully saturated rings. The fourth-order valence-corrected chi connectivity index (χ4v) is 2.78. The minimum absolute atomic E-state index is 0.159. The lowest BCUT2D eigenvalue weighted by molar-refractivity contribution is -0.121. The summed E-state index contributed by atoms with van der Waals surface area (Å²) in [7, 11) is 0. The molecule has 1 aromatic heterocycles. The average molecular weight is 304 g/mol. The zero-order valence-corrected chi connectivity index (χ0v) is 13.3. The normalized spacial score (nSPS) is 12.0. The van der Waals surface area contributed by atoms with Gasteiger partial charge in [0.1, 0.15) is 6.04 Å². The van der Waals surface area contributed by atoms with Crippen molar-refractivity contribution < 1.29 is 4.79 Å². The molecule has 0 spiro atoms. The minimum Gasteiger partial charge on any atom is -0.350 e. The van der Waals surface area contributed by atoms with Crippen LogP contribution in [0.4, 0.5) is 5.13 Å². The van der Waals surface area contributed by atoms with E-state index in [0.717, 1.165) is 33.9 Å². The highest BCUT2D eigenvalue weighted by Crippen LogP contribution is 2.25. The molecule has 5 nitrogen and oxygen atoms in total. The molecule has 0 aliphatic heterocycles. The lowest BCUT2D eigenvalue weighted by Crippen LogP contribution is -2.35. The second kappa shape index (κ2) is 7.17. The van der Waals surface area contributed by atoms with Crippen LogP contribution in [0.2, 0.25) is 0 Å². The van der Waals surface area contributed by atoms with Gasteiger partial charge < -0.3 is 5.32 Å². The SMILES string of the molecule is CCC(CC)=NNC(=O)[C@H](C)Nc1nc2ccccc2s1. The van der Waals surface area contributed by atoms with E-state index in [4.69, 9.17) is 0 Å². The molecule has 1 atom stereocenters. The fraction of sp³-hybridized carbons (Fsp3) is 0.400. The first-order chi connectivity index (χ1) is 10.1. The Bertz CT molecular complexity index is 611. The van der Waals surface area contributed by atoms with Crippen molar-refractivity contribution in [2.45, 2.75) is 39.7 Å².